The smallest absolute Gasteiger partial charge is 0.282 e. The summed E-state index contributed by atoms with van der Waals surface area (Å²) >= 11 is 0. The Kier molecular flexibility index (Phi) is 8.42. The molecule has 0 radical (unpaired) electrons. The Bertz CT molecular complexity index is 4040. The molecule has 4 spiro atoms. The van der Waals surface area contributed by atoms with E-state index in [1.807, 2.05) is 0 Å². The van der Waals surface area contributed by atoms with Crippen LogP contribution in [0.5, 0.6) is 0 Å². The lowest BCUT2D eigenvalue weighted by atomic mass is 9.76. The molecule has 540 valence electrons. The second-order valence-corrected chi connectivity index (χ2v) is 32.1. The second kappa shape index (κ2) is 15.9. The molecule has 0 unspecified atom stereocenters. The molecule has 48 heteroatoms. The summed E-state index contributed by atoms with van der Waals surface area (Å²) in [4.78, 5) is 300. The van der Waals surface area contributed by atoms with E-state index in [9.17, 15) is 0 Å². The molecule has 32 amide bonds. The summed E-state index contributed by atoms with van der Waals surface area (Å²) < 4.78 is 0. The summed E-state index contributed by atoms with van der Waals surface area (Å²) in [6.45, 7) is -8.72. The lowest BCUT2D eigenvalue weighted by Crippen LogP contribution is -2.77. The van der Waals surface area contributed by atoms with Crippen LogP contribution in [0.3, 0.4) is 0 Å². The molecule has 2 aliphatic carbocycles. The maximum atomic E-state index is 16.6. The van der Waals surface area contributed by atoms with Crippen LogP contribution in [0, 0.1) is 0 Å². The van der Waals surface area contributed by atoms with Gasteiger partial charge in [0, 0.05) is 0 Å². The monoisotopic (exact) mass is 1440 g/mol. The van der Waals surface area contributed by atoms with E-state index in [4.69, 9.17) is 0 Å². The molecule has 0 aromatic rings. The summed E-state index contributed by atoms with van der Waals surface area (Å²) in [7, 11) is 0. The van der Waals surface area contributed by atoms with Crippen LogP contribution in [0.2, 0.25) is 0 Å². The zero-order valence-corrected chi connectivity index (χ0v) is 54.7. The fourth-order valence-corrected chi connectivity index (χ4v) is 25.5. The quantitative estimate of drug-likeness (QED) is 0.219. The molecule has 0 bridgehead atoms. The van der Waals surface area contributed by atoms with Crippen LogP contribution in [0.1, 0.15) is 51.4 Å². The van der Waals surface area contributed by atoms with Crippen molar-refractivity contribution < 1.29 is 76.7 Å². The summed E-state index contributed by atoms with van der Waals surface area (Å²) in [6, 6.07) is -11.4. The summed E-state index contributed by atoms with van der Waals surface area (Å²) in [5.41, 5.74) is -6.88. The van der Waals surface area contributed by atoms with Crippen LogP contribution in [-0.4, -0.2) is 457 Å². The Morgan fingerprint density at radius 2 is 0.250 bits per heavy atom. The average molecular weight is 1440 g/mol. The van der Waals surface area contributed by atoms with Gasteiger partial charge in [-0.2, -0.15) is 0 Å². The fraction of sp³-hybridized carbons (Fsp3) is 0.714. The molecule has 24 saturated heterocycles. The van der Waals surface area contributed by atoms with Gasteiger partial charge in [0.2, 0.25) is 0 Å². The maximum absolute atomic E-state index is 16.6. The van der Waals surface area contributed by atoms with Gasteiger partial charge in [-0.25, -0.2) is 76.7 Å². The van der Waals surface area contributed by atoms with Gasteiger partial charge in [0.05, 0.1) is 0 Å². The van der Waals surface area contributed by atoms with Gasteiger partial charge in [0.25, 0.3) is 0 Å². The van der Waals surface area contributed by atoms with Gasteiger partial charge in [-0.05, 0) is 51.4 Å². The van der Waals surface area contributed by atoms with Gasteiger partial charge < -0.3 is 0 Å². The Morgan fingerprint density at radius 1 is 0.144 bits per heavy atom. The number of hydrogen-bond acceptors (Lipinski definition) is 16. The minimum atomic E-state index is -1.72. The van der Waals surface area contributed by atoms with Crippen molar-refractivity contribution >= 4 is 96.5 Å². The van der Waals surface area contributed by atoms with Crippen LogP contribution in [0.25, 0.3) is 0 Å². The van der Waals surface area contributed by atoms with Crippen molar-refractivity contribution in [2.45, 2.75) is 148 Å². The van der Waals surface area contributed by atoms with E-state index >= 15 is 76.7 Å². The van der Waals surface area contributed by atoms with Gasteiger partial charge in [-0.3, -0.25) is 157 Å². The molecule has 0 N–H and O–H groups in total. The first-order chi connectivity index (χ1) is 50.2. The first-order valence-electron chi connectivity index (χ1n) is 35.4. The standard InChI is InChI=1S/C56H60N32O16/c89-37-57-9-59-26-28-63(39(59)91)13-67-30-32-71(43(67)95)17-75-34-36-79(47(75)99)21-83-51(103)87-23-85-49(101)81-19-77-35-33-73(45(77)97)15-69-31-29-65(41(69)93)11-61(37)27-25(57)58-10-60(26)40(92)64(28)14-68(30)44(96)72(32)18-76(34)48(100)80(36)22-84-52(104)88(56(87)8-4-2-6-54(56,83)84)24-86-50(102)82(53(81)5-1-3-7-55(53,85)86)20-78(35)46(98)74(33)16-70(31)42(94)66(29)12-62(27)38(58)90/h25-36H,1-24H2. The number of hydrogen-bond donors (Lipinski definition) is 0. The Labute approximate surface area is 583 Å². The van der Waals surface area contributed by atoms with Gasteiger partial charge in [-0.1, -0.05) is 0 Å². The zero-order chi connectivity index (χ0) is 69.6. The van der Waals surface area contributed by atoms with Crippen LogP contribution >= 0.6 is 0 Å². The highest BCUT2D eigenvalue weighted by molar-refractivity contribution is 5.98. The van der Waals surface area contributed by atoms with Gasteiger partial charge in [0.1, 0.15) is 107 Å². The van der Waals surface area contributed by atoms with E-state index in [2.05, 4.69) is 0 Å². The van der Waals surface area contributed by atoms with E-state index in [0.29, 0.717) is 25.7 Å². The molecule has 24 aliphatic heterocycles. The average Bonchev–Trinajstić information content (AvgIpc) is 1.46. The van der Waals surface area contributed by atoms with Crippen LogP contribution < -0.4 is 0 Å². The summed E-state index contributed by atoms with van der Waals surface area (Å²) in [6.07, 6.45) is -13.2. The third-order valence-electron chi connectivity index (χ3n) is 29.3. The molecular formula is C56H60N32O16. The SMILES string of the molecule is O=C1N2CN3C(=O)N4CN5C(=O)N6CN7C(=O)N8CN9C(=O)N%10CN%11C(=O)N%12CN%13C(=O)N%14CN%15C(=O)N%16CN1C1C2N2CN%17C(=O)N(CN%18C(=O)N(CN%19C(=O)N(CN%20C(=O)N(CN%21C(=O)N(CN%22C(=O)N(CN%23C(=O)N(CN1C2=O)C%16C%15%23)C%14C%13%22)C%121CCCCC%11%211)C%101CCCCC9%201)C8C7%19)C6C5%18)C4C3%17. The first-order valence-corrected chi connectivity index (χ1v) is 35.4. The molecule has 48 nitrogen and oxygen atoms in total. The normalized spacial score (nSPS) is 42.3. The van der Waals surface area contributed by atoms with Crippen molar-refractivity contribution in [1.29, 1.82) is 0 Å². The third kappa shape index (κ3) is 4.88. The van der Waals surface area contributed by atoms with Crippen LogP contribution in [-0.2, 0) is 0 Å². The molecule has 0 atom stereocenters. The molecule has 104 heavy (non-hydrogen) atoms. The number of amides is 32. The predicted octanol–water partition coefficient (Wildman–Crippen LogP) is -4.92. The predicted molar refractivity (Wildman–Crippen MR) is 316 cm³/mol. The lowest BCUT2D eigenvalue weighted by Gasteiger charge is -2.58. The van der Waals surface area contributed by atoms with Crippen molar-refractivity contribution in [3.8, 4) is 0 Å². The van der Waals surface area contributed by atoms with E-state index in [1.54, 1.807) is 0 Å². The molecule has 26 fully saturated rings. The maximum Gasteiger partial charge on any atom is 0.326 e. The topological polar surface area (TPSA) is 377 Å². The van der Waals surface area contributed by atoms with E-state index in [0.717, 1.165) is 0 Å². The van der Waals surface area contributed by atoms with Crippen molar-refractivity contribution in [3.05, 3.63) is 0 Å². The first kappa shape index (κ1) is 55.0. The molecule has 0 aromatic carbocycles. The van der Waals surface area contributed by atoms with Gasteiger partial charge in [0.15, 0.2) is 96.6 Å². The fourth-order valence-electron chi connectivity index (χ4n) is 25.5. The molecule has 0 aromatic heterocycles. The number of carbonyl (C=O) groups is 16. The summed E-state index contributed by atoms with van der Waals surface area (Å²) in [5, 5.41) is 0. The molecular weight excluding hydrogens is 1380 g/mol. The van der Waals surface area contributed by atoms with Crippen LogP contribution in [0.15, 0.2) is 0 Å². The highest BCUT2D eigenvalue weighted by Gasteiger charge is 2.88. The lowest BCUT2D eigenvalue weighted by molar-refractivity contribution is -0.176. The van der Waals surface area contributed by atoms with Crippen molar-refractivity contribution in [2.75, 3.05) is 107 Å². The van der Waals surface area contributed by atoms with E-state index in [-0.39, 0.29) is 25.7 Å². The molecule has 26 aliphatic rings. The summed E-state index contributed by atoms with van der Waals surface area (Å²) in [5.74, 6) is 0. The highest BCUT2D eigenvalue weighted by Crippen LogP contribution is 2.66. The van der Waals surface area contributed by atoms with Crippen LogP contribution in [0.4, 0.5) is 76.7 Å². The Balaban J connectivity index is 0.654. The Morgan fingerprint density at radius 3 is 0.375 bits per heavy atom. The largest absolute Gasteiger partial charge is 0.326 e. The molecule has 2 saturated carbocycles. The minimum absolute atomic E-state index is 0.103. The number of rotatable bonds is 0. The van der Waals surface area contributed by atoms with Crippen molar-refractivity contribution in [1.82, 2.24) is 157 Å². The number of carbonyl (C=O) groups excluding carboxylic acids is 16. The van der Waals surface area contributed by atoms with Gasteiger partial charge in [-0.15, -0.1) is 0 Å². The van der Waals surface area contributed by atoms with Gasteiger partial charge >= 0.3 is 96.5 Å². The zero-order valence-electron chi connectivity index (χ0n) is 54.7. The number of nitrogens with zero attached hydrogens (tertiary/aromatic N) is 32. The Hall–Kier alpha value is -11.7. The van der Waals surface area contributed by atoms with Crippen molar-refractivity contribution in [2.24, 2.45) is 0 Å². The van der Waals surface area contributed by atoms with Crippen molar-refractivity contribution in [3.63, 3.8) is 0 Å². The third-order valence-corrected chi connectivity index (χ3v) is 29.3. The molecule has 26 rings (SSSR count). The van der Waals surface area contributed by atoms with E-state index in [1.165, 1.54) is 157 Å². The van der Waals surface area contributed by atoms with E-state index < -0.39 is 300 Å². The second-order valence-electron chi connectivity index (χ2n) is 32.1. The minimum Gasteiger partial charge on any atom is -0.282 e. The highest BCUT2D eigenvalue weighted by atomic mass is 16.3. The molecule has 24 heterocycles. The number of urea groups is 16.